The third-order valence-electron chi connectivity index (χ3n) is 0.509. The van der Waals surface area contributed by atoms with Crippen molar-refractivity contribution in [2.24, 2.45) is 0 Å². The molecule has 0 aliphatic rings. The summed E-state index contributed by atoms with van der Waals surface area (Å²) in [5, 5.41) is 17.8. The fourth-order valence-corrected chi connectivity index (χ4v) is 0.422. The second kappa shape index (κ2) is 5.04. The Kier molecular flexibility index (Phi) is 4.97. The van der Waals surface area contributed by atoms with Gasteiger partial charge in [0, 0.05) is 0 Å². The van der Waals surface area contributed by atoms with E-state index in [2.05, 4.69) is 0 Å². The molecule has 0 rings (SSSR count). The van der Waals surface area contributed by atoms with E-state index in [1.165, 1.54) is 0 Å². The molecule has 8 heavy (non-hydrogen) atoms. The van der Waals surface area contributed by atoms with Gasteiger partial charge in [-0.05, 0) is 0 Å². The molecular formula is C3H6NO3P. The molecule has 0 fully saturated rings. The molecule has 0 saturated heterocycles. The molecule has 0 heterocycles. The average Bonchev–Trinajstić information content (AvgIpc) is 1.68. The van der Waals surface area contributed by atoms with Crippen LogP contribution in [0.5, 0.6) is 0 Å². The Hall–Kier alpha value is -0.110. The van der Waals surface area contributed by atoms with Gasteiger partial charge in [-0.1, -0.05) is 0 Å². The Morgan fingerprint density at radius 3 is 2.88 bits per heavy atom. The van der Waals surface area contributed by atoms with Crippen LogP contribution in [0.15, 0.2) is 0 Å². The molecular weight excluding hydrogens is 129 g/mol. The monoisotopic (exact) mass is 135 g/mol. The van der Waals surface area contributed by atoms with E-state index in [1.54, 1.807) is 0 Å². The second-order valence-electron chi connectivity index (χ2n) is 1.10. The van der Waals surface area contributed by atoms with E-state index in [-0.39, 0.29) is 13.2 Å². The number of hydroxylamine groups is 2. The maximum absolute atomic E-state index is 10.2. The van der Waals surface area contributed by atoms with Crippen LogP contribution in [-0.2, 0) is 4.57 Å². The van der Waals surface area contributed by atoms with Gasteiger partial charge in [0.15, 0.2) is 0 Å². The summed E-state index contributed by atoms with van der Waals surface area (Å²) in [6, 6.07) is 0. The Labute approximate surface area is 47.8 Å². The first-order valence-electron chi connectivity index (χ1n) is 2.03. The molecule has 1 atom stereocenters. The van der Waals surface area contributed by atoms with Gasteiger partial charge in [0.1, 0.15) is 0 Å². The van der Waals surface area contributed by atoms with Crippen LogP contribution in [0.1, 0.15) is 0 Å². The van der Waals surface area contributed by atoms with Crippen molar-refractivity contribution in [3.05, 3.63) is 5.21 Å². The first-order valence-corrected chi connectivity index (χ1v) is 2.84. The molecule has 0 bridgehead atoms. The van der Waals surface area contributed by atoms with E-state index in [0.29, 0.717) is 0 Å². The number of rotatable bonds is 2. The van der Waals surface area contributed by atoms with E-state index < -0.39 is 13.0 Å². The fourth-order valence-electron chi connectivity index (χ4n) is 0.208. The summed E-state index contributed by atoms with van der Waals surface area (Å²) < 4.78 is 9.57. The van der Waals surface area contributed by atoms with E-state index >= 15 is 0 Å². The van der Waals surface area contributed by atoms with Crippen molar-refractivity contribution in [3.63, 3.8) is 0 Å². The minimum atomic E-state index is -0.413. The normalized spacial score (nSPS) is 12.2. The van der Waals surface area contributed by atoms with Gasteiger partial charge in [-0.2, -0.15) is 0 Å². The fraction of sp³-hybridized carbons (Fsp3) is 0.667. The topological polar surface area (TPSA) is 64.8 Å². The zero-order valence-corrected chi connectivity index (χ0v) is 5.02. The van der Waals surface area contributed by atoms with Gasteiger partial charge < -0.3 is 0 Å². The Balaban J connectivity index is 3.42. The van der Waals surface area contributed by atoms with Crippen molar-refractivity contribution >= 4 is 7.92 Å². The number of quaternary nitrogens is 1. The zero-order valence-electron chi connectivity index (χ0n) is 4.13. The van der Waals surface area contributed by atoms with Crippen molar-refractivity contribution in [2.75, 3.05) is 13.2 Å². The van der Waals surface area contributed by atoms with Crippen molar-refractivity contribution in [3.8, 4) is 5.75 Å². The van der Waals surface area contributed by atoms with Crippen molar-refractivity contribution < 1.29 is 14.7 Å². The van der Waals surface area contributed by atoms with Gasteiger partial charge in [-0.3, -0.25) is 0 Å². The maximum atomic E-state index is 10.2. The molecule has 0 amide bonds. The quantitative estimate of drug-likeness (QED) is 0.360. The van der Waals surface area contributed by atoms with E-state index in [9.17, 15) is 9.77 Å². The van der Waals surface area contributed by atoms with Gasteiger partial charge in [-0.15, -0.1) is 0 Å². The molecule has 46 valence electrons. The van der Waals surface area contributed by atoms with Gasteiger partial charge in [0.25, 0.3) is 0 Å². The summed E-state index contributed by atoms with van der Waals surface area (Å²) in [6.45, 7) is -0.198. The van der Waals surface area contributed by atoms with Crippen molar-refractivity contribution in [2.45, 2.75) is 0 Å². The predicted molar refractivity (Wildman–Crippen MR) is 27.8 cm³/mol. The molecule has 2 N–H and O–H groups in total. The Bertz CT molecular complexity index is 140. The Morgan fingerprint density at radius 1 is 1.88 bits per heavy atom. The number of hydrogen-bond acceptors (Lipinski definition) is 3. The van der Waals surface area contributed by atoms with Gasteiger partial charge in [0.05, 0.1) is 0 Å². The third kappa shape index (κ3) is 4.06. The first kappa shape index (κ1) is 7.89. The molecule has 0 aliphatic heterocycles. The van der Waals surface area contributed by atoms with Crippen LogP contribution < -0.4 is 5.06 Å². The van der Waals surface area contributed by atoms with Gasteiger partial charge in [0.2, 0.25) is 0 Å². The molecule has 0 saturated carbocycles. The van der Waals surface area contributed by atoms with Crippen LogP contribution >= 0.6 is 7.92 Å². The van der Waals surface area contributed by atoms with Crippen LogP contribution in [-0.4, -0.2) is 18.3 Å². The van der Waals surface area contributed by atoms with Crippen LogP contribution in [0.25, 0.3) is 0 Å². The van der Waals surface area contributed by atoms with Gasteiger partial charge >= 0.3 is 46.8 Å². The zero-order chi connectivity index (χ0) is 6.41. The third-order valence-corrected chi connectivity index (χ3v) is 0.850. The molecule has 0 spiro atoms. The van der Waals surface area contributed by atoms with E-state index in [0.717, 1.165) is 0 Å². The molecule has 0 aromatic carbocycles. The number of nitrogens with one attached hydrogen (secondary N) is 1. The van der Waals surface area contributed by atoms with Crippen LogP contribution in [0.2, 0.25) is 0 Å². The molecule has 0 aliphatic carbocycles. The number of aliphatic hydroxyl groups is 1. The molecule has 0 aromatic rings. The minimum absolute atomic E-state index is 0.00917. The number of aliphatic hydroxyl groups excluding tert-OH is 1. The SMILES string of the molecule is O=P#C[NH+]([O-])CCO. The standard InChI is InChI=1S/C3H6NO3P/c5-2-1-4(6)3-8-7/h4-5H,1-2H2. The summed E-state index contributed by atoms with van der Waals surface area (Å²) in [4.78, 5) is 0. The van der Waals surface area contributed by atoms with Crippen molar-refractivity contribution in [1.82, 2.24) is 0 Å². The first-order chi connectivity index (χ1) is 3.81. The van der Waals surface area contributed by atoms with E-state index in [4.69, 9.17) is 5.11 Å². The predicted octanol–water partition coefficient (Wildman–Crippen LogP) is -1.43. The molecule has 4 nitrogen and oxygen atoms in total. The molecule has 5 heteroatoms. The molecule has 1 unspecified atom stereocenters. The summed E-state index contributed by atoms with van der Waals surface area (Å²) >= 11 is 0. The summed E-state index contributed by atoms with van der Waals surface area (Å²) in [7, 11) is -0.412. The molecule has 0 radical (unpaired) electrons. The molecule has 0 aromatic heterocycles. The van der Waals surface area contributed by atoms with E-state index in [1.807, 2.05) is 5.75 Å². The average molecular weight is 135 g/mol. The summed E-state index contributed by atoms with van der Waals surface area (Å²) in [5.74, 6) is 1.96. The number of hydrogen-bond donors (Lipinski definition) is 2. The van der Waals surface area contributed by atoms with Crippen LogP contribution in [0.3, 0.4) is 0 Å². The summed E-state index contributed by atoms with van der Waals surface area (Å²) in [5.41, 5.74) is 0. The second-order valence-corrected chi connectivity index (χ2v) is 1.51. The summed E-state index contributed by atoms with van der Waals surface area (Å²) in [6.07, 6.45) is 0. The van der Waals surface area contributed by atoms with Crippen LogP contribution in [0, 0.1) is 11.0 Å². The van der Waals surface area contributed by atoms with Crippen LogP contribution in [0.4, 0.5) is 0 Å². The van der Waals surface area contributed by atoms with Gasteiger partial charge in [-0.25, -0.2) is 0 Å². The Morgan fingerprint density at radius 2 is 2.50 bits per heavy atom. The van der Waals surface area contributed by atoms with Crippen molar-refractivity contribution in [1.29, 1.82) is 0 Å².